The zero-order valence-corrected chi connectivity index (χ0v) is 20.5. The van der Waals surface area contributed by atoms with E-state index in [0.717, 1.165) is 24.5 Å². The number of aryl methyl sites for hydroxylation is 2. The van der Waals surface area contributed by atoms with Crippen LogP contribution in [0.3, 0.4) is 0 Å². The standard InChI is InChI=1S/C21H32N4.4ClH/c1-16-14-18(22)8-10-20(16)24-12-6-4-3-5-7-13-25-21-11-9-19(23)15-17(21)2;;;;/h8-11,14-15,24-25H,3-7,12-13,22-23H2,1-2H3;4*1H. The summed E-state index contributed by atoms with van der Waals surface area (Å²) in [5.41, 5.74) is 18.0. The third-order valence-electron chi connectivity index (χ3n) is 4.49. The topological polar surface area (TPSA) is 76.1 Å². The van der Waals surface area contributed by atoms with Gasteiger partial charge >= 0.3 is 0 Å². The van der Waals surface area contributed by atoms with Gasteiger partial charge in [0.15, 0.2) is 0 Å². The highest BCUT2D eigenvalue weighted by molar-refractivity contribution is 5.86. The number of nitrogens with one attached hydrogen (secondary N) is 2. The molecule has 4 nitrogen and oxygen atoms in total. The van der Waals surface area contributed by atoms with Crippen molar-refractivity contribution < 1.29 is 0 Å². The van der Waals surface area contributed by atoms with Crippen LogP contribution in [0.25, 0.3) is 0 Å². The quantitative estimate of drug-likeness (QED) is 0.225. The predicted molar refractivity (Wildman–Crippen MR) is 140 cm³/mol. The van der Waals surface area contributed by atoms with E-state index in [1.165, 1.54) is 54.6 Å². The minimum absolute atomic E-state index is 0. The van der Waals surface area contributed by atoms with Crippen molar-refractivity contribution in [3.63, 3.8) is 0 Å². The largest absolute Gasteiger partial charge is 0.399 e. The zero-order valence-electron chi connectivity index (χ0n) is 17.2. The molecule has 0 fully saturated rings. The maximum Gasteiger partial charge on any atom is 0.0371 e. The molecule has 0 bridgehead atoms. The van der Waals surface area contributed by atoms with Gasteiger partial charge in [0.25, 0.3) is 0 Å². The van der Waals surface area contributed by atoms with E-state index in [1.54, 1.807) is 0 Å². The summed E-state index contributed by atoms with van der Waals surface area (Å²) < 4.78 is 0. The smallest absolute Gasteiger partial charge is 0.0371 e. The molecule has 2 aromatic rings. The van der Waals surface area contributed by atoms with Gasteiger partial charge in [0.2, 0.25) is 0 Å². The fourth-order valence-corrected chi connectivity index (χ4v) is 3.00. The van der Waals surface area contributed by atoms with Gasteiger partial charge in [-0.05, 0) is 74.2 Å². The Labute approximate surface area is 200 Å². The van der Waals surface area contributed by atoms with E-state index in [-0.39, 0.29) is 49.6 Å². The number of unbranched alkanes of at least 4 members (excludes halogenated alkanes) is 4. The minimum Gasteiger partial charge on any atom is -0.399 e. The Kier molecular flexibility index (Phi) is 19.7. The number of hydrogen-bond donors (Lipinski definition) is 4. The number of halogens is 4. The van der Waals surface area contributed by atoms with Crippen molar-refractivity contribution in [1.82, 2.24) is 0 Å². The van der Waals surface area contributed by atoms with Gasteiger partial charge in [-0.1, -0.05) is 19.3 Å². The van der Waals surface area contributed by atoms with Gasteiger partial charge in [0.1, 0.15) is 0 Å². The summed E-state index contributed by atoms with van der Waals surface area (Å²) in [4.78, 5) is 0. The number of hydrogen-bond acceptors (Lipinski definition) is 4. The number of nitrogens with two attached hydrogens (primary N) is 2. The summed E-state index contributed by atoms with van der Waals surface area (Å²) in [5, 5.41) is 6.99. The van der Waals surface area contributed by atoms with E-state index in [9.17, 15) is 0 Å². The molecular weight excluding hydrogens is 450 g/mol. The summed E-state index contributed by atoms with van der Waals surface area (Å²) in [5.74, 6) is 0. The molecule has 0 aromatic heterocycles. The summed E-state index contributed by atoms with van der Waals surface area (Å²) in [6.45, 7) is 6.23. The molecule has 0 amide bonds. The molecule has 0 spiro atoms. The molecule has 8 heteroatoms. The second kappa shape index (κ2) is 17.6. The molecular formula is C21H36Cl4N4. The van der Waals surface area contributed by atoms with Crippen LogP contribution in [0, 0.1) is 13.8 Å². The molecule has 2 aromatic carbocycles. The van der Waals surface area contributed by atoms with Crippen LogP contribution in [-0.4, -0.2) is 13.1 Å². The molecule has 0 aliphatic rings. The summed E-state index contributed by atoms with van der Waals surface area (Å²) in [7, 11) is 0. The van der Waals surface area contributed by atoms with Crippen molar-refractivity contribution in [2.75, 3.05) is 35.2 Å². The van der Waals surface area contributed by atoms with Crippen LogP contribution in [0.5, 0.6) is 0 Å². The first-order valence-corrected chi connectivity index (χ1v) is 9.26. The third kappa shape index (κ3) is 12.2. The first-order valence-electron chi connectivity index (χ1n) is 9.26. The number of anilines is 4. The zero-order chi connectivity index (χ0) is 18.1. The summed E-state index contributed by atoms with van der Waals surface area (Å²) >= 11 is 0. The molecule has 0 saturated heterocycles. The fourth-order valence-electron chi connectivity index (χ4n) is 3.00. The summed E-state index contributed by atoms with van der Waals surface area (Å²) in [6, 6.07) is 12.1. The predicted octanol–water partition coefficient (Wildman–Crippen LogP) is 6.63. The van der Waals surface area contributed by atoms with E-state index in [2.05, 4.69) is 36.6 Å². The van der Waals surface area contributed by atoms with E-state index in [1.807, 2.05) is 24.3 Å². The van der Waals surface area contributed by atoms with Crippen molar-refractivity contribution in [2.24, 2.45) is 0 Å². The second-order valence-electron chi connectivity index (χ2n) is 6.77. The van der Waals surface area contributed by atoms with Gasteiger partial charge < -0.3 is 22.1 Å². The monoisotopic (exact) mass is 484 g/mol. The average Bonchev–Trinajstić information content (AvgIpc) is 2.56. The minimum atomic E-state index is 0. The lowest BCUT2D eigenvalue weighted by Gasteiger charge is -2.11. The number of nitrogen functional groups attached to an aromatic ring is 2. The molecule has 0 heterocycles. The lowest BCUT2D eigenvalue weighted by atomic mass is 10.1. The Morgan fingerprint density at radius 3 is 1.28 bits per heavy atom. The van der Waals surface area contributed by atoms with Gasteiger partial charge in [-0.2, -0.15) is 0 Å². The van der Waals surface area contributed by atoms with E-state index in [0.29, 0.717) is 0 Å². The maximum absolute atomic E-state index is 5.78. The fraction of sp³-hybridized carbons (Fsp3) is 0.429. The van der Waals surface area contributed by atoms with Crippen LogP contribution in [0.2, 0.25) is 0 Å². The molecule has 168 valence electrons. The lowest BCUT2D eigenvalue weighted by Crippen LogP contribution is -2.04. The normalized spacial score (nSPS) is 9.17. The third-order valence-corrected chi connectivity index (χ3v) is 4.49. The van der Waals surface area contributed by atoms with E-state index >= 15 is 0 Å². The number of benzene rings is 2. The van der Waals surface area contributed by atoms with Crippen LogP contribution in [0.4, 0.5) is 22.7 Å². The van der Waals surface area contributed by atoms with Crippen LogP contribution in [0.1, 0.15) is 43.2 Å². The van der Waals surface area contributed by atoms with E-state index in [4.69, 9.17) is 11.5 Å². The van der Waals surface area contributed by atoms with Gasteiger partial charge in [-0.25, -0.2) is 0 Å². The SMILES string of the molecule is Cc1cc(N)ccc1NCCCCCCCNc1ccc(N)cc1C.Cl.Cl.Cl.Cl. The first-order chi connectivity index (χ1) is 12.1. The van der Waals surface area contributed by atoms with Crippen molar-refractivity contribution in [1.29, 1.82) is 0 Å². The van der Waals surface area contributed by atoms with Crippen molar-refractivity contribution >= 4 is 72.4 Å². The van der Waals surface area contributed by atoms with Gasteiger partial charge in [0.05, 0.1) is 0 Å². The Morgan fingerprint density at radius 2 is 0.931 bits per heavy atom. The van der Waals surface area contributed by atoms with Gasteiger partial charge in [-0.3, -0.25) is 0 Å². The highest BCUT2D eigenvalue weighted by Gasteiger charge is 1.99. The van der Waals surface area contributed by atoms with Crippen LogP contribution >= 0.6 is 49.6 Å². The molecule has 0 radical (unpaired) electrons. The second-order valence-corrected chi connectivity index (χ2v) is 6.77. The Hall–Kier alpha value is -1.20. The van der Waals surface area contributed by atoms with Crippen LogP contribution in [0.15, 0.2) is 36.4 Å². The Bertz CT molecular complexity index is 626. The Morgan fingerprint density at radius 1 is 0.586 bits per heavy atom. The molecule has 6 N–H and O–H groups in total. The van der Waals surface area contributed by atoms with Gasteiger partial charge in [-0.15, -0.1) is 49.6 Å². The molecule has 0 atom stereocenters. The van der Waals surface area contributed by atoms with Crippen molar-refractivity contribution in [3.05, 3.63) is 47.5 Å². The lowest BCUT2D eigenvalue weighted by molar-refractivity contribution is 0.635. The Balaban J connectivity index is -0.00000169. The van der Waals surface area contributed by atoms with Crippen molar-refractivity contribution in [3.8, 4) is 0 Å². The average molecular weight is 486 g/mol. The van der Waals surface area contributed by atoms with Crippen LogP contribution < -0.4 is 22.1 Å². The van der Waals surface area contributed by atoms with Crippen LogP contribution in [-0.2, 0) is 0 Å². The summed E-state index contributed by atoms with van der Waals surface area (Å²) in [6.07, 6.45) is 6.22. The molecule has 0 saturated carbocycles. The molecule has 0 aliphatic carbocycles. The molecule has 29 heavy (non-hydrogen) atoms. The van der Waals surface area contributed by atoms with Gasteiger partial charge in [0, 0.05) is 35.8 Å². The molecule has 2 rings (SSSR count). The molecule has 0 unspecified atom stereocenters. The highest BCUT2D eigenvalue weighted by Crippen LogP contribution is 2.19. The van der Waals surface area contributed by atoms with E-state index < -0.39 is 0 Å². The molecule has 0 aliphatic heterocycles. The highest BCUT2D eigenvalue weighted by atomic mass is 35.5. The van der Waals surface area contributed by atoms with Crippen molar-refractivity contribution in [2.45, 2.75) is 46.0 Å². The number of rotatable bonds is 10. The first kappa shape index (κ1) is 32.5. The maximum atomic E-state index is 5.78.